The Morgan fingerprint density at radius 3 is 2.94 bits per heavy atom. The lowest BCUT2D eigenvalue weighted by atomic mass is 10.3. The maximum atomic E-state index is 13.0. The molecule has 4 nitrogen and oxygen atoms in total. The minimum absolute atomic E-state index is 0.0429. The van der Waals surface area contributed by atoms with E-state index < -0.39 is 5.82 Å². The zero-order valence-electron chi connectivity index (χ0n) is 8.39. The lowest BCUT2D eigenvalue weighted by molar-refractivity contribution is 0.446. The molecule has 0 aliphatic carbocycles. The summed E-state index contributed by atoms with van der Waals surface area (Å²) in [6, 6.07) is 7.37. The van der Waals surface area contributed by atoms with Gasteiger partial charge in [0.05, 0.1) is 10.7 Å². The summed E-state index contributed by atoms with van der Waals surface area (Å²) in [5, 5.41) is 16.1. The number of ether oxygens (including phenoxy) is 1. The van der Waals surface area contributed by atoms with Crippen LogP contribution in [0, 0.1) is 17.1 Å². The number of nitriles is 1. The quantitative estimate of drug-likeness (QED) is 0.854. The molecule has 0 saturated carbocycles. The van der Waals surface area contributed by atoms with Crippen LogP contribution in [0.1, 0.15) is 5.56 Å². The van der Waals surface area contributed by atoms with Gasteiger partial charge in [-0.15, -0.1) is 5.10 Å². The van der Waals surface area contributed by atoms with E-state index in [2.05, 4.69) is 26.1 Å². The van der Waals surface area contributed by atoms with Gasteiger partial charge in [0, 0.05) is 6.07 Å². The van der Waals surface area contributed by atoms with Gasteiger partial charge in [0.1, 0.15) is 23.2 Å². The van der Waals surface area contributed by atoms with Gasteiger partial charge in [-0.05, 0) is 34.1 Å². The maximum Gasteiger partial charge on any atom is 0.257 e. The summed E-state index contributed by atoms with van der Waals surface area (Å²) >= 11 is 3.21. The predicted molar refractivity (Wildman–Crippen MR) is 60.9 cm³/mol. The van der Waals surface area contributed by atoms with Gasteiger partial charge in [-0.2, -0.15) is 10.4 Å². The molecule has 17 heavy (non-hydrogen) atoms. The molecular formula is C11H5BrFN3O. The standard InChI is InChI=1S/C11H5BrFN3O/c12-9-2-1-8(13)5-10(9)17-11-7(6-14)3-4-15-16-11/h1-5H. The molecule has 0 fully saturated rings. The topological polar surface area (TPSA) is 58.8 Å². The highest BCUT2D eigenvalue weighted by atomic mass is 79.9. The van der Waals surface area contributed by atoms with Crippen molar-refractivity contribution in [3.05, 3.63) is 46.3 Å². The molecule has 6 heteroatoms. The molecule has 2 aromatic rings. The Balaban J connectivity index is 2.38. The maximum absolute atomic E-state index is 13.0. The summed E-state index contributed by atoms with van der Waals surface area (Å²) < 4.78 is 18.9. The van der Waals surface area contributed by atoms with Crippen molar-refractivity contribution in [2.24, 2.45) is 0 Å². The van der Waals surface area contributed by atoms with E-state index in [-0.39, 0.29) is 17.2 Å². The third-order valence-electron chi connectivity index (χ3n) is 1.91. The number of benzene rings is 1. The lowest BCUT2D eigenvalue weighted by Crippen LogP contribution is -1.94. The van der Waals surface area contributed by atoms with Crippen molar-refractivity contribution in [2.75, 3.05) is 0 Å². The van der Waals surface area contributed by atoms with E-state index in [1.807, 2.05) is 6.07 Å². The minimum atomic E-state index is -0.439. The van der Waals surface area contributed by atoms with E-state index in [1.165, 1.54) is 30.5 Å². The average Bonchev–Trinajstić information content (AvgIpc) is 2.34. The van der Waals surface area contributed by atoms with E-state index in [0.29, 0.717) is 4.47 Å². The Labute approximate surface area is 105 Å². The van der Waals surface area contributed by atoms with Crippen LogP contribution >= 0.6 is 15.9 Å². The molecule has 0 saturated heterocycles. The molecule has 1 aromatic heterocycles. The Kier molecular flexibility index (Phi) is 3.30. The van der Waals surface area contributed by atoms with E-state index in [4.69, 9.17) is 10.00 Å². The SMILES string of the molecule is N#Cc1ccnnc1Oc1cc(F)ccc1Br. The molecule has 1 aromatic carbocycles. The molecule has 0 radical (unpaired) electrons. The van der Waals surface area contributed by atoms with Crippen molar-refractivity contribution in [3.63, 3.8) is 0 Å². The number of halogens is 2. The van der Waals surface area contributed by atoms with Crippen LogP contribution in [0.5, 0.6) is 11.6 Å². The summed E-state index contributed by atoms with van der Waals surface area (Å²) in [4.78, 5) is 0. The molecule has 0 amide bonds. The summed E-state index contributed by atoms with van der Waals surface area (Å²) in [5.74, 6) is -0.158. The molecular weight excluding hydrogens is 289 g/mol. The number of rotatable bonds is 2. The van der Waals surface area contributed by atoms with Crippen molar-refractivity contribution >= 4 is 15.9 Å². The Bertz CT molecular complexity index is 598. The summed E-state index contributed by atoms with van der Waals surface area (Å²) in [7, 11) is 0. The van der Waals surface area contributed by atoms with Gasteiger partial charge in [-0.1, -0.05) is 0 Å². The first-order valence-corrected chi connectivity index (χ1v) is 5.34. The molecule has 0 aliphatic heterocycles. The molecule has 0 atom stereocenters. The van der Waals surface area contributed by atoms with Crippen LogP contribution in [0.3, 0.4) is 0 Å². The number of nitrogens with zero attached hydrogens (tertiary/aromatic N) is 3. The monoisotopic (exact) mass is 293 g/mol. The zero-order chi connectivity index (χ0) is 12.3. The third kappa shape index (κ3) is 2.57. The van der Waals surface area contributed by atoms with Crippen molar-refractivity contribution in [1.82, 2.24) is 10.2 Å². The van der Waals surface area contributed by atoms with Gasteiger partial charge in [0.2, 0.25) is 0 Å². The van der Waals surface area contributed by atoms with Crippen LogP contribution < -0.4 is 4.74 Å². The lowest BCUT2D eigenvalue weighted by Gasteiger charge is -2.06. The van der Waals surface area contributed by atoms with Crippen LogP contribution in [0.2, 0.25) is 0 Å². The highest BCUT2D eigenvalue weighted by Gasteiger charge is 2.09. The predicted octanol–water partition coefficient (Wildman–Crippen LogP) is 3.04. The van der Waals surface area contributed by atoms with Gasteiger partial charge in [0.15, 0.2) is 0 Å². The highest BCUT2D eigenvalue weighted by Crippen LogP contribution is 2.30. The van der Waals surface area contributed by atoms with Crippen LogP contribution in [-0.2, 0) is 0 Å². The first-order valence-electron chi connectivity index (χ1n) is 4.55. The normalized spacial score (nSPS) is 9.71. The fourth-order valence-corrected chi connectivity index (χ4v) is 1.47. The smallest absolute Gasteiger partial charge is 0.257 e. The molecule has 84 valence electrons. The van der Waals surface area contributed by atoms with Gasteiger partial charge >= 0.3 is 0 Å². The third-order valence-corrected chi connectivity index (χ3v) is 2.56. The largest absolute Gasteiger partial charge is 0.435 e. The van der Waals surface area contributed by atoms with Crippen molar-refractivity contribution in [1.29, 1.82) is 5.26 Å². The Morgan fingerprint density at radius 1 is 1.35 bits per heavy atom. The van der Waals surface area contributed by atoms with Crippen LogP contribution in [0.4, 0.5) is 4.39 Å². The molecule has 0 spiro atoms. The number of aromatic nitrogens is 2. The minimum Gasteiger partial charge on any atom is -0.435 e. The Hall–Kier alpha value is -2.00. The van der Waals surface area contributed by atoms with E-state index in [9.17, 15) is 4.39 Å². The van der Waals surface area contributed by atoms with E-state index in [0.717, 1.165) is 0 Å². The molecule has 2 rings (SSSR count). The van der Waals surface area contributed by atoms with Gasteiger partial charge in [-0.3, -0.25) is 0 Å². The molecule has 0 aliphatic rings. The van der Waals surface area contributed by atoms with Gasteiger partial charge in [-0.25, -0.2) is 4.39 Å². The fourth-order valence-electron chi connectivity index (χ4n) is 1.14. The first-order chi connectivity index (χ1) is 8.20. The summed E-state index contributed by atoms with van der Waals surface area (Å²) in [6.45, 7) is 0. The van der Waals surface area contributed by atoms with Crippen molar-refractivity contribution < 1.29 is 9.13 Å². The van der Waals surface area contributed by atoms with Crippen molar-refractivity contribution in [2.45, 2.75) is 0 Å². The number of hydrogen-bond acceptors (Lipinski definition) is 4. The number of hydrogen-bond donors (Lipinski definition) is 0. The molecule has 0 unspecified atom stereocenters. The molecule has 0 N–H and O–H groups in total. The average molecular weight is 294 g/mol. The van der Waals surface area contributed by atoms with Crippen LogP contribution in [0.25, 0.3) is 0 Å². The zero-order valence-corrected chi connectivity index (χ0v) is 9.98. The van der Waals surface area contributed by atoms with Crippen molar-refractivity contribution in [3.8, 4) is 17.7 Å². The van der Waals surface area contributed by atoms with Crippen LogP contribution in [-0.4, -0.2) is 10.2 Å². The van der Waals surface area contributed by atoms with E-state index >= 15 is 0 Å². The van der Waals surface area contributed by atoms with Gasteiger partial charge in [0.25, 0.3) is 5.88 Å². The fraction of sp³-hybridized carbons (Fsp3) is 0. The first kappa shape index (κ1) is 11.5. The molecule has 0 bridgehead atoms. The summed E-state index contributed by atoms with van der Waals surface area (Å²) in [5.41, 5.74) is 0.233. The second-order valence-electron chi connectivity index (χ2n) is 3.04. The molecule has 1 heterocycles. The van der Waals surface area contributed by atoms with Gasteiger partial charge < -0.3 is 4.74 Å². The summed E-state index contributed by atoms with van der Waals surface area (Å²) in [6.07, 6.45) is 1.38. The van der Waals surface area contributed by atoms with E-state index in [1.54, 1.807) is 0 Å². The highest BCUT2D eigenvalue weighted by molar-refractivity contribution is 9.10. The second kappa shape index (κ2) is 4.89. The Morgan fingerprint density at radius 2 is 2.18 bits per heavy atom. The second-order valence-corrected chi connectivity index (χ2v) is 3.89. The van der Waals surface area contributed by atoms with Crippen LogP contribution in [0.15, 0.2) is 34.9 Å².